The van der Waals surface area contributed by atoms with Gasteiger partial charge in [-0.05, 0) is 23.6 Å². The van der Waals surface area contributed by atoms with E-state index >= 15 is 0 Å². The molecule has 0 nitrogen and oxygen atoms in total. The zero-order valence-electron chi connectivity index (χ0n) is 9.24. The standard InChI is InChI=1S/C12H14BrClF2/c1-3-7(4-2)12(13)8-5-10(15)11(16)6-9(8)14/h5-7,12H,3-4H2,1-2H3. The van der Waals surface area contributed by atoms with Gasteiger partial charge < -0.3 is 0 Å². The fraction of sp³-hybridized carbons (Fsp3) is 0.500. The van der Waals surface area contributed by atoms with E-state index in [0.29, 0.717) is 11.5 Å². The number of halogens is 4. The van der Waals surface area contributed by atoms with Gasteiger partial charge in [-0.25, -0.2) is 8.78 Å². The van der Waals surface area contributed by atoms with E-state index in [9.17, 15) is 8.78 Å². The summed E-state index contributed by atoms with van der Waals surface area (Å²) in [5.74, 6) is -1.39. The van der Waals surface area contributed by atoms with Crippen LogP contribution in [0.25, 0.3) is 0 Å². The minimum Gasteiger partial charge on any atom is -0.204 e. The molecule has 0 aliphatic carbocycles. The number of benzene rings is 1. The topological polar surface area (TPSA) is 0 Å². The first-order valence-electron chi connectivity index (χ1n) is 5.29. The van der Waals surface area contributed by atoms with Crippen LogP contribution in [-0.2, 0) is 0 Å². The van der Waals surface area contributed by atoms with Gasteiger partial charge in [0.25, 0.3) is 0 Å². The third kappa shape index (κ3) is 2.95. The second-order valence-electron chi connectivity index (χ2n) is 3.77. The maximum atomic E-state index is 13.1. The highest BCUT2D eigenvalue weighted by Gasteiger charge is 2.21. The Morgan fingerprint density at radius 3 is 2.19 bits per heavy atom. The van der Waals surface area contributed by atoms with Crippen LogP contribution in [0.5, 0.6) is 0 Å². The van der Waals surface area contributed by atoms with Gasteiger partial charge in [0.1, 0.15) is 0 Å². The lowest BCUT2D eigenvalue weighted by Gasteiger charge is -2.21. The van der Waals surface area contributed by atoms with Crippen molar-refractivity contribution in [2.45, 2.75) is 31.5 Å². The van der Waals surface area contributed by atoms with Crippen LogP contribution in [0, 0.1) is 17.6 Å². The summed E-state index contributed by atoms with van der Waals surface area (Å²) in [5, 5.41) is 0.271. The summed E-state index contributed by atoms with van der Waals surface area (Å²) in [7, 11) is 0. The van der Waals surface area contributed by atoms with Crippen molar-refractivity contribution in [3.05, 3.63) is 34.4 Å². The van der Waals surface area contributed by atoms with Crippen molar-refractivity contribution >= 4 is 27.5 Å². The SMILES string of the molecule is CCC(CC)C(Br)c1cc(F)c(F)cc1Cl. The summed E-state index contributed by atoms with van der Waals surface area (Å²) in [6, 6.07) is 2.21. The van der Waals surface area contributed by atoms with Gasteiger partial charge in [0.15, 0.2) is 11.6 Å². The van der Waals surface area contributed by atoms with Crippen molar-refractivity contribution in [2.75, 3.05) is 0 Å². The lowest BCUT2D eigenvalue weighted by atomic mass is 9.94. The molecule has 0 N–H and O–H groups in total. The van der Waals surface area contributed by atoms with Crippen LogP contribution in [0.15, 0.2) is 12.1 Å². The predicted octanol–water partition coefficient (Wildman–Crippen LogP) is 5.49. The number of alkyl halides is 1. The minimum absolute atomic E-state index is 0.0369. The molecule has 1 aromatic rings. The van der Waals surface area contributed by atoms with Crippen molar-refractivity contribution in [3.63, 3.8) is 0 Å². The Labute approximate surface area is 108 Å². The lowest BCUT2D eigenvalue weighted by Crippen LogP contribution is -2.07. The molecule has 0 spiro atoms. The van der Waals surface area contributed by atoms with Crippen molar-refractivity contribution in [3.8, 4) is 0 Å². The van der Waals surface area contributed by atoms with Crippen LogP contribution < -0.4 is 0 Å². The molecule has 0 amide bonds. The second kappa shape index (κ2) is 5.97. The van der Waals surface area contributed by atoms with Gasteiger partial charge in [0.2, 0.25) is 0 Å². The molecular weight excluding hydrogens is 297 g/mol. The Kier molecular flexibility index (Phi) is 5.19. The zero-order valence-corrected chi connectivity index (χ0v) is 11.6. The van der Waals surface area contributed by atoms with Crippen molar-refractivity contribution in [2.24, 2.45) is 5.92 Å². The van der Waals surface area contributed by atoms with Gasteiger partial charge in [-0.3, -0.25) is 0 Å². The zero-order chi connectivity index (χ0) is 12.3. The van der Waals surface area contributed by atoms with Crippen LogP contribution >= 0.6 is 27.5 Å². The molecule has 1 unspecified atom stereocenters. The average Bonchev–Trinajstić information content (AvgIpc) is 2.25. The van der Waals surface area contributed by atoms with Crippen LogP contribution in [0.4, 0.5) is 8.78 Å². The van der Waals surface area contributed by atoms with Crippen molar-refractivity contribution < 1.29 is 8.78 Å². The third-order valence-corrected chi connectivity index (χ3v) is 4.37. The number of hydrogen-bond acceptors (Lipinski definition) is 0. The van der Waals surface area contributed by atoms with E-state index in [4.69, 9.17) is 11.6 Å². The first-order valence-corrected chi connectivity index (χ1v) is 6.59. The molecule has 0 radical (unpaired) electrons. The fourth-order valence-electron chi connectivity index (χ4n) is 1.71. The van der Waals surface area contributed by atoms with Gasteiger partial charge in [-0.1, -0.05) is 54.2 Å². The molecule has 0 aliphatic rings. The summed E-state index contributed by atoms with van der Waals surface area (Å²) < 4.78 is 26.0. The minimum atomic E-state index is -0.905. The molecule has 1 aromatic carbocycles. The lowest BCUT2D eigenvalue weighted by molar-refractivity contribution is 0.478. The van der Waals surface area contributed by atoms with Crippen LogP contribution in [0.2, 0.25) is 5.02 Å². The highest BCUT2D eigenvalue weighted by atomic mass is 79.9. The summed E-state index contributed by atoms with van der Waals surface area (Å²) in [6.07, 6.45) is 1.92. The maximum Gasteiger partial charge on any atom is 0.160 e. The quantitative estimate of drug-likeness (QED) is 0.509. The Morgan fingerprint density at radius 1 is 1.19 bits per heavy atom. The molecule has 0 saturated heterocycles. The van der Waals surface area contributed by atoms with E-state index in [1.807, 2.05) is 0 Å². The monoisotopic (exact) mass is 310 g/mol. The number of rotatable bonds is 4. The highest BCUT2D eigenvalue weighted by Crippen LogP contribution is 2.39. The predicted molar refractivity (Wildman–Crippen MR) is 67.1 cm³/mol. The van der Waals surface area contributed by atoms with Gasteiger partial charge >= 0.3 is 0 Å². The largest absolute Gasteiger partial charge is 0.204 e. The van der Waals surface area contributed by atoms with Crippen LogP contribution in [0.1, 0.15) is 37.1 Å². The van der Waals surface area contributed by atoms with Crippen molar-refractivity contribution in [1.29, 1.82) is 0 Å². The molecular formula is C12H14BrClF2. The Bertz CT molecular complexity index is 364. The molecule has 0 aliphatic heterocycles. The molecule has 16 heavy (non-hydrogen) atoms. The highest BCUT2D eigenvalue weighted by molar-refractivity contribution is 9.09. The molecule has 0 fully saturated rings. The summed E-state index contributed by atoms with van der Waals surface area (Å²) in [5.41, 5.74) is 0.620. The molecule has 1 rings (SSSR count). The first-order chi connectivity index (χ1) is 7.51. The summed E-state index contributed by atoms with van der Waals surface area (Å²) in [6.45, 7) is 4.13. The summed E-state index contributed by atoms with van der Waals surface area (Å²) in [4.78, 5) is -0.0369. The molecule has 0 heterocycles. The Hall–Kier alpha value is -0.150. The first kappa shape index (κ1) is 13.9. The van der Waals surface area contributed by atoms with E-state index in [1.165, 1.54) is 6.07 Å². The van der Waals surface area contributed by atoms with E-state index in [1.54, 1.807) is 0 Å². The van der Waals surface area contributed by atoms with Crippen LogP contribution in [0.3, 0.4) is 0 Å². The van der Waals surface area contributed by atoms with E-state index in [2.05, 4.69) is 29.8 Å². The third-order valence-electron chi connectivity index (χ3n) is 2.80. The number of hydrogen-bond donors (Lipinski definition) is 0. The van der Waals surface area contributed by atoms with E-state index in [-0.39, 0.29) is 9.85 Å². The molecule has 90 valence electrons. The normalized spacial score (nSPS) is 13.2. The maximum absolute atomic E-state index is 13.1. The second-order valence-corrected chi connectivity index (χ2v) is 5.16. The molecule has 0 aromatic heterocycles. The van der Waals surface area contributed by atoms with Gasteiger partial charge in [0.05, 0.1) is 0 Å². The Morgan fingerprint density at radius 2 is 1.69 bits per heavy atom. The van der Waals surface area contributed by atoms with Crippen molar-refractivity contribution in [1.82, 2.24) is 0 Å². The fourth-order valence-corrected chi connectivity index (χ4v) is 3.23. The van der Waals surface area contributed by atoms with Gasteiger partial charge in [0, 0.05) is 9.85 Å². The smallest absolute Gasteiger partial charge is 0.160 e. The molecule has 0 bridgehead atoms. The van der Waals surface area contributed by atoms with E-state index in [0.717, 1.165) is 18.9 Å². The Balaban J connectivity index is 3.07. The molecule has 1 atom stereocenters. The molecule has 0 saturated carbocycles. The van der Waals surface area contributed by atoms with Gasteiger partial charge in [-0.15, -0.1) is 0 Å². The average molecular weight is 312 g/mol. The van der Waals surface area contributed by atoms with Crippen LogP contribution in [-0.4, -0.2) is 0 Å². The summed E-state index contributed by atoms with van der Waals surface area (Å²) >= 11 is 9.43. The van der Waals surface area contributed by atoms with Gasteiger partial charge in [-0.2, -0.15) is 0 Å². The van der Waals surface area contributed by atoms with E-state index < -0.39 is 11.6 Å². The molecule has 4 heteroatoms.